The smallest absolute Gasteiger partial charge is 0.421 e. The lowest BCUT2D eigenvalue weighted by atomic mass is 10.2. The van der Waals surface area contributed by atoms with Crippen LogP contribution in [0.4, 0.5) is 4.79 Å². The average Bonchev–Trinajstić information content (AvgIpc) is 2.35. The number of carbonyl (C=O) groups excluding carboxylic acids is 2. The fraction of sp³-hybridized carbons (Fsp3) is 0.385. The van der Waals surface area contributed by atoms with Gasteiger partial charge in [-0.05, 0) is 45.0 Å². The molecule has 1 N–H and O–H groups in total. The Bertz CT molecular complexity index is 628. The summed E-state index contributed by atoms with van der Waals surface area (Å²) in [4.78, 5) is 22.6. The summed E-state index contributed by atoms with van der Waals surface area (Å²) in [6.45, 7) is 4.85. The van der Waals surface area contributed by atoms with Gasteiger partial charge in [-0.2, -0.15) is 0 Å². The van der Waals surface area contributed by atoms with E-state index in [9.17, 15) is 18.0 Å². The molecule has 0 saturated heterocycles. The zero-order chi connectivity index (χ0) is 16.3. The normalized spacial score (nSPS) is 11.6. The monoisotopic (exact) mass is 315 g/mol. The molecule has 1 amide bonds. The molecule has 0 aromatic heterocycles. The molecule has 1 aromatic rings. The number of esters is 1. The van der Waals surface area contributed by atoms with Gasteiger partial charge in [0.1, 0.15) is 5.60 Å². The van der Waals surface area contributed by atoms with Gasteiger partial charge < -0.3 is 9.47 Å². The lowest BCUT2D eigenvalue weighted by Gasteiger charge is -2.19. The van der Waals surface area contributed by atoms with E-state index in [0.29, 0.717) is 0 Å². The summed E-state index contributed by atoms with van der Waals surface area (Å²) < 4.78 is 35.1. The van der Waals surface area contributed by atoms with Gasteiger partial charge in [-0.3, -0.25) is 0 Å². The summed E-state index contributed by atoms with van der Waals surface area (Å²) in [7, 11) is -2.84. The lowest BCUT2D eigenvalue weighted by Crippen LogP contribution is -2.36. The van der Waals surface area contributed by atoms with E-state index < -0.39 is 27.7 Å². The van der Waals surface area contributed by atoms with E-state index in [1.165, 1.54) is 31.4 Å². The maximum absolute atomic E-state index is 12.0. The second kappa shape index (κ2) is 6.13. The molecule has 0 heterocycles. The Morgan fingerprint density at radius 1 is 1.10 bits per heavy atom. The zero-order valence-electron chi connectivity index (χ0n) is 12.2. The highest BCUT2D eigenvalue weighted by molar-refractivity contribution is 7.90. The summed E-state index contributed by atoms with van der Waals surface area (Å²) in [5, 5.41) is 0. The number of nitrogens with one attached hydrogen (secondary N) is 1. The molecular weight excluding hydrogens is 298 g/mol. The Labute approximate surface area is 123 Å². The molecule has 0 aliphatic heterocycles. The van der Waals surface area contributed by atoms with Crippen LogP contribution in [0.25, 0.3) is 0 Å². The second-order valence-corrected chi connectivity index (χ2v) is 6.81. The Hall–Kier alpha value is -2.09. The number of hydrogen-bond donors (Lipinski definition) is 1. The van der Waals surface area contributed by atoms with Crippen LogP contribution in [0.1, 0.15) is 31.1 Å². The molecule has 7 nitrogen and oxygen atoms in total. The Morgan fingerprint density at radius 2 is 1.62 bits per heavy atom. The Balaban J connectivity index is 2.88. The van der Waals surface area contributed by atoms with Crippen LogP contribution < -0.4 is 4.72 Å². The molecule has 0 aliphatic rings. The third-order valence-corrected chi connectivity index (χ3v) is 3.53. The summed E-state index contributed by atoms with van der Waals surface area (Å²) in [6, 6.07) is 4.96. The van der Waals surface area contributed by atoms with E-state index in [1.54, 1.807) is 25.5 Å². The number of carbonyl (C=O) groups is 2. The van der Waals surface area contributed by atoms with Gasteiger partial charge in [-0.25, -0.2) is 22.7 Å². The first-order valence-electron chi connectivity index (χ1n) is 5.99. The van der Waals surface area contributed by atoms with Gasteiger partial charge in [-0.1, -0.05) is 0 Å². The van der Waals surface area contributed by atoms with E-state index >= 15 is 0 Å². The first kappa shape index (κ1) is 17.0. The SMILES string of the molecule is COC(=O)c1ccc(S(=O)(=O)NC(=O)OC(C)(C)C)cc1. The maximum atomic E-state index is 12.0. The van der Waals surface area contributed by atoms with Gasteiger partial charge in [0.25, 0.3) is 10.0 Å². The van der Waals surface area contributed by atoms with Crippen LogP contribution in [-0.2, 0) is 19.5 Å². The van der Waals surface area contributed by atoms with Crippen LogP contribution in [0.3, 0.4) is 0 Å². The van der Waals surface area contributed by atoms with E-state index in [1.807, 2.05) is 0 Å². The van der Waals surface area contributed by atoms with Crippen molar-refractivity contribution in [3.8, 4) is 0 Å². The molecule has 1 rings (SSSR count). The number of amides is 1. The standard InChI is InChI=1S/C13H17NO6S/c1-13(2,3)20-12(16)14-21(17,18)10-7-5-9(6-8-10)11(15)19-4/h5-8H,1-4H3,(H,14,16). The van der Waals surface area contributed by atoms with Crippen LogP contribution >= 0.6 is 0 Å². The zero-order valence-corrected chi connectivity index (χ0v) is 13.0. The highest BCUT2D eigenvalue weighted by Crippen LogP contribution is 2.13. The molecule has 0 atom stereocenters. The van der Waals surface area contributed by atoms with Crippen molar-refractivity contribution < 1.29 is 27.5 Å². The molecule has 0 saturated carbocycles. The minimum absolute atomic E-state index is 0.166. The van der Waals surface area contributed by atoms with Gasteiger partial charge in [0.05, 0.1) is 17.6 Å². The Morgan fingerprint density at radius 3 is 2.05 bits per heavy atom. The second-order valence-electron chi connectivity index (χ2n) is 5.12. The molecule has 116 valence electrons. The first-order chi connectivity index (χ1) is 9.55. The highest BCUT2D eigenvalue weighted by atomic mass is 32.2. The molecule has 21 heavy (non-hydrogen) atoms. The fourth-order valence-corrected chi connectivity index (χ4v) is 2.23. The largest absolute Gasteiger partial charge is 0.465 e. The van der Waals surface area contributed by atoms with Crippen molar-refractivity contribution in [2.24, 2.45) is 0 Å². The van der Waals surface area contributed by atoms with Crippen molar-refractivity contribution in [1.29, 1.82) is 0 Å². The van der Waals surface area contributed by atoms with Crippen LogP contribution in [0, 0.1) is 0 Å². The average molecular weight is 315 g/mol. The summed E-state index contributed by atoms with van der Waals surface area (Å²) in [6.07, 6.45) is -1.07. The third kappa shape index (κ3) is 5.07. The Kier molecular flexibility index (Phi) is 4.95. The maximum Gasteiger partial charge on any atom is 0.421 e. The molecule has 1 aromatic carbocycles. The number of hydrogen-bond acceptors (Lipinski definition) is 6. The van der Waals surface area contributed by atoms with Crippen LogP contribution in [-0.4, -0.2) is 33.2 Å². The van der Waals surface area contributed by atoms with Gasteiger partial charge in [0, 0.05) is 0 Å². The van der Waals surface area contributed by atoms with Crippen molar-refractivity contribution in [1.82, 2.24) is 4.72 Å². The number of ether oxygens (including phenoxy) is 2. The minimum atomic E-state index is -4.06. The molecule has 0 fully saturated rings. The third-order valence-electron chi connectivity index (χ3n) is 2.20. The summed E-state index contributed by atoms with van der Waals surface area (Å²) in [5.74, 6) is -0.584. The van der Waals surface area contributed by atoms with Crippen LogP contribution in [0.2, 0.25) is 0 Å². The molecule has 0 aliphatic carbocycles. The molecule has 0 radical (unpaired) electrons. The van der Waals surface area contributed by atoms with E-state index in [4.69, 9.17) is 4.74 Å². The summed E-state index contributed by atoms with van der Waals surface area (Å²) >= 11 is 0. The minimum Gasteiger partial charge on any atom is -0.465 e. The number of methoxy groups -OCH3 is 1. The molecule has 0 spiro atoms. The van der Waals surface area contributed by atoms with Crippen LogP contribution in [0.5, 0.6) is 0 Å². The van der Waals surface area contributed by atoms with Crippen LogP contribution in [0.15, 0.2) is 29.2 Å². The highest BCUT2D eigenvalue weighted by Gasteiger charge is 2.23. The van der Waals surface area contributed by atoms with Crippen molar-refractivity contribution in [2.45, 2.75) is 31.3 Å². The van der Waals surface area contributed by atoms with Crippen molar-refractivity contribution in [3.05, 3.63) is 29.8 Å². The topological polar surface area (TPSA) is 98.8 Å². The van der Waals surface area contributed by atoms with Crippen molar-refractivity contribution in [3.63, 3.8) is 0 Å². The summed E-state index contributed by atoms with van der Waals surface area (Å²) in [5.41, 5.74) is -0.609. The fourth-order valence-electron chi connectivity index (χ4n) is 1.36. The van der Waals surface area contributed by atoms with E-state index in [0.717, 1.165) is 0 Å². The lowest BCUT2D eigenvalue weighted by molar-refractivity contribution is 0.0566. The predicted molar refractivity (Wildman–Crippen MR) is 74.3 cm³/mol. The van der Waals surface area contributed by atoms with Gasteiger partial charge in [-0.15, -0.1) is 0 Å². The number of benzene rings is 1. The van der Waals surface area contributed by atoms with Gasteiger partial charge in [0.15, 0.2) is 0 Å². The first-order valence-corrected chi connectivity index (χ1v) is 7.47. The van der Waals surface area contributed by atoms with Crippen molar-refractivity contribution >= 4 is 22.1 Å². The molecule has 0 bridgehead atoms. The van der Waals surface area contributed by atoms with Gasteiger partial charge in [0.2, 0.25) is 0 Å². The van der Waals surface area contributed by atoms with Crippen molar-refractivity contribution in [2.75, 3.05) is 7.11 Å². The van der Waals surface area contributed by atoms with E-state index in [-0.39, 0.29) is 10.5 Å². The molecule has 8 heteroatoms. The molecular formula is C13H17NO6S. The predicted octanol–water partition coefficient (Wildman–Crippen LogP) is 1.69. The number of rotatable bonds is 3. The quantitative estimate of drug-likeness (QED) is 0.852. The van der Waals surface area contributed by atoms with Gasteiger partial charge >= 0.3 is 12.1 Å². The molecule has 0 unspecified atom stereocenters. The number of sulfonamides is 1. The van der Waals surface area contributed by atoms with E-state index in [2.05, 4.69) is 4.74 Å².